The summed E-state index contributed by atoms with van der Waals surface area (Å²) in [6, 6.07) is 20.8. The summed E-state index contributed by atoms with van der Waals surface area (Å²) in [5.74, 6) is 0.163. The molecule has 3 atom stereocenters. The van der Waals surface area contributed by atoms with Gasteiger partial charge in [0.25, 0.3) is 5.91 Å². The number of hydrogen-bond donors (Lipinski definition) is 0. The third kappa shape index (κ3) is 3.88. The van der Waals surface area contributed by atoms with Crippen LogP contribution in [0.2, 0.25) is 0 Å². The third-order valence-corrected chi connectivity index (χ3v) is 6.13. The van der Waals surface area contributed by atoms with Crippen LogP contribution in [0.25, 0.3) is 0 Å². The molecule has 0 bridgehead atoms. The minimum atomic E-state index is -0.164. The zero-order valence-corrected chi connectivity index (χ0v) is 18.2. The second kappa shape index (κ2) is 8.80. The van der Waals surface area contributed by atoms with E-state index >= 15 is 0 Å². The highest BCUT2D eigenvalue weighted by Crippen LogP contribution is 2.43. The second-order valence-electron chi connectivity index (χ2n) is 8.16. The van der Waals surface area contributed by atoms with E-state index < -0.39 is 0 Å². The molecule has 2 heterocycles. The second-order valence-corrected chi connectivity index (χ2v) is 8.16. The molecule has 4 rings (SSSR count). The van der Waals surface area contributed by atoms with Crippen LogP contribution in [0, 0.1) is 5.92 Å². The Labute approximate surface area is 183 Å². The fraction of sp³-hybridized carbons (Fsp3) is 0.308. The molecule has 1 aliphatic rings. The SMILES string of the molecule is CC[C@H](C)C(=O)N(c1ccccc1)[C@H]1C[C@@H](C)N(C(=O)c2ccco2)c2ccccc21. The Bertz CT molecular complexity index is 1050. The van der Waals surface area contributed by atoms with Crippen molar-refractivity contribution in [1.82, 2.24) is 0 Å². The summed E-state index contributed by atoms with van der Waals surface area (Å²) in [4.78, 5) is 30.5. The smallest absolute Gasteiger partial charge is 0.294 e. The van der Waals surface area contributed by atoms with Crippen LogP contribution in [0.4, 0.5) is 11.4 Å². The van der Waals surface area contributed by atoms with E-state index in [1.807, 2.05) is 80.3 Å². The third-order valence-electron chi connectivity index (χ3n) is 6.13. The van der Waals surface area contributed by atoms with Crippen LogP contribution >= 0.6 is 0 Å². The molecule has 1 aromatic heterocycles. The molecule has 0 unspecified atom stereocenters. The highest BCUT2D eigenvalue weighted by atomic mass is 16.3. The Morgan fingerprint density at radius 2 is 1.77 bits per heavy atom. The molecule has 3 aromatic rings. The molecule has 0 N–H and O–H groups in total. The minimum Gasteiger partial charge on any atom is -0.459 e. The number of hydrogen-bond acceptors (Lipinski definition) is 3. The van der Waals surface area contributed by atoms with Gasteiger partial charge in [-0.2, -0.15) is 0 Å². The van der Waals surface area contributed by atoms with Crippen LogP contribution in [0.15, 0.2) is 77.4 Å². The summed E-state index contributed by atoms with van der Waals surface area (Å²) >= 11 is 0. The predicted molar refractivity (Wildman–Crippen MR) is 122 cm³/mol. The first kappa shape index (κ1) is 20.9. The quantitative estimate of drug-likeness (QED) is 0.525. The van der Waals surface area contributed by atoms with Crippen LogP contribution in [0.3, 0.4) is 0 Å². The van der Waals surface area contributed by atoms with Crippen molar-refractivity contribution in [3.8, 4) is 0 Å². The van der Waals surface area contributed by atoms with Gasteiger partial charge in [0.2, 0.25) is 5.91 Å². The van der Waals surface area contributed by atoms with Crippen molar-refractivity contribution in [3.05, 3.63) is 84.3 Å². The number of carbonyl (C=O) groups excluding carboxylic acids is 2. The largest absolute Gasteiger partial charge is 0.459 e. The van der Waals surface area contributed by atoms with Crippen LogP contribution < -0.4 is 9.80 Å². The lowest BCUT2D eigenvalue weighted by Crippen LogP contribution is -2.48. The molecule has 0 saturated carbocycles. The maximum Gasteiger partial charge on any atom is 0.294 e. The number of para-hydroxylation sites is 2. The van der Waals surface area contributed by atoms with Crippen molar-refractivity contribution in [2.24, 2.45) is 5.92 Å². The monoisotopic (exact) mass is 416 g/mol. The number of nitrogens with zero attached hydrogens (tertiary/aromatic N) is 2. The Morgan fingerprint density at radius 3 is 2.45 bits per heavy atom. The number of carbonyl (C=O) groups is 2. The molecule has 5 nitrogen and oxygen atoms in total. The fourth-order valence-electron chi connectivity index (χ4n) is 4.32. The molecular formula is C26H28N2O3. The lowest BCUT2D eigenvalue weighted by molar-refractivity contribution is -0.122. The van der Waals surface area contributed by atoms with E-state index in [2.05, 4.69) is 0 Å². The van der Waals surface area contributed by atoms with E-state index in [0.717, 1.165) is 23.4 Å². The minimum absolute atomic E-state index is 0.0922. The number of anilines is 2. The maximum absolute atomic E-state index is 13.5. The first-order valence-corrected chi connectivity index (χ1v) is 10.9. The van der Waals surface area contributed by atoms with E-state index in [9.17, 15) is 9.59 Å². The van der Waals surface area contributed by atoms with Crippen molar-refractivity contribution in [1.29, 1.82) is 0 Å². The van der Waals surface area contributed by atoms with Gasteiger partial charge in [-0.05, 0) is 55.7 Å². The fourth-order valence-corrected chi connectivity index (χ4v) is 4.32. The maximum atomic E-state index is 13.5. The molecule has 31 heavy (non-hydrogen) atoms. The Morgan fingerprint density at radius 1 is 1.06 bits per heavy atom. The van der Waals surface area contributed by atoms with E-state index in [0.29, 0.717) is 12.2 Å². The zero-order valence-electron chi connectivity index (χ0n) is 18.2. The zero-order chi connectivity index (χ0) is 22.0. The van der Waals surface area contributed by atoms with Gasteiger partial charge in [0.1, 0.15) is 0 Å². The molecule has 0 aliphatic carbocycles. The molecule has 160 valence electrons. The molecule has 2 aromatic carbocycles. The number of benzene rings is 2. The molecule has 0 saturated heterocycles. The molecule has 0 radical (unpaired) electrons. The van der Waals surface area contributed by atoms with Crippen LogP contribution in [0.5, 0.6) is 0 Å². The van der Waals surface area contributed by atoms with E-state index in [-0.39, 0.29) is 29.8 Å². The Hall–Kier alpha value is -3.34. The topological polar surface area (TPSA) is 53.8 Å². The van der Waals surface area contributed by atoms with Gasteiger partial charge in [-0.15, -0.1) is 0 Å². The van der Waals surface area contributed by atoms with Gasteiger partial charge in [-0.25, -0.2) is 0 Å². The highest BCUT2D eigenvalue weighted by Gasteiger charge is 2.39. The summed E-state index contributed by atoms with van der Waals surface area (Å²) in [6.07, 6.45) is 2.92. The van der Waals surface area contributed by atoms with Crippen LogP contribution in [-0.4, -0.2) is 17.9 Å². The van der Waals surface area contributed by atoms with Gasteiger partial charge >= 0.3 is 0 Å². The van der Waals surface area contributed by atoms with Crippen molar-refractivity contribution in [2.45, 2.75) is 45.7 Å². The summed E-state index contributed by atoms with van der Waals surface area (Å²) < 4.78 is 5.38. The Kier molecular flexibility index (Phi) is 5.94. The Balaban J connectivity index is 1.81. The van der Waals surface area contributed by atoms with Gasteiger partial charge in [-0.3, -0.25) is 9.59 Å². The summed E-state index contributed by atoms with van der Waals surface area (Å²) in [5.41, 5.74) is 2.68. The number of amides is 2. The molecule has 0 fully saturated rings. The standard InChI is InChI=1S/C26H28N2O3/c1-4-18(2)25(29)28(20-11-6-5-7-12-20)23-17-19(3)27(22-14-9-8-13-21(22)23)26(30)24-15-10-16-31-24/h5-16,18-19,23H,4,17H2,1-3H3/t18-,19+,23-/m0/s1. The lowest BCUT2D eigenvalue weighted by atomic mass is 9.89. The number of furan rings is 1. The van der Waals surface area contributed by atoms with Crippen molar-refractivity contribution in [2.75, 3.05) is 9.80 Å². The van der Waals surface area contributed by atoms with Gasteiger partial charge in [0, 0.05) is 23.3 Å². The average molecular weight is 417 g/mol. The van der Waals surface area contributed by atoms with E-state index in [4.69, 9.17) is 4.42 Å². The molecule has 1 aliphatic heterocycles. The van der Waals surface area contributed by atoms with Gasteiger partial charge in [0.15, 0.2) is 5.76 Å². The van der Waals surface area contributed by atoms with E-state index in [1.165, 1.54) is 6.26 Å². The average Bonchev–Trinajstić information content (AvgIpc) is 3.34. The highest BCUT2D eigenvalue weighted by molar-refractivity contribution is 6.06. The van der Waals surface area contributed by atoms with Crippen molar-refractivity contribution >= 4 is 23.2 Å². The van der Waals surface area contributed by atoms with Gasteiger partial charge in [0.05, 0.1) is 12.3 Å². The van der Waals surface area contributed by atoms with E-state index in [1.54, 1.807) is 17.0 Å². The number of fused-ring (bicyclic) bond motifs is 1. The number of rotatable bonds is 5. The molecular weight excluding hydrogens is 388 g/mol. The first-order chi connectivity index (χ1) is 15.0. The predicted octanol–water partition coefficient (Wildman–Crippen LogP) is 5.84. The molecule has 5 heteroatoms. The lowest BCUT2D eigenvalue weighted by Gasteiger charge is -2.44. The summed E-state index contributed by atoms with van der Waals surface area (Å²) in [6.45, 7) is 6.04. The van der Waals surface area contributed by atoms with Crippen molar-refractivity contribution in [3.63, 3.8) is 0 Å². The van der Waals surface area contributed by atoms with Gasteiger partial charge in [-0.1, -0.05) is 50.2 Å². The van der Waals surface area contributed by atoms with Crippen LogP contribution in [0.1, 0.15) is 55.8 Å². The normalized spacial score (nSPS) is 18.9. The molecule has 0 spiro atoms. The summed E-state index contributed by atoms with van der Waals surface area (Å²) in [7, 11) is 0. The summed E-state index contributed by atoms with van der Waals surface area (Å²) in [5, 5.41) is 0. The first-order valence-electron chi connectivity index (χ1n) is 10.9. The molecule has 2 amide bonds. The van der Waals surface area contributed by atoms with Crippen LogP contribution in [-0.2, 0) is 4.79 Å². The van der Waals surface area contributed by atoms with Crippen molar-refractivity contribution < 1.29 is 14.0 Å². The van der Waals surface area contributed by atoms with Gasteiger partial charge < -0.3 is 14.2 Å².